The first-order chi connectivity index (χ1) is 6.27. The molecule has 0 saturated heterocycles. The zero-order valence-electron chi connectivity index (χ0n) is 6.45. The van der Waals surface area contributed by atoms with Gasteiger partial charge in [-0.1, -0.05) is 6.07 Å². The van der Waals surface area contributed by atoms with E-state index >= 15 is 0 Å². The van der Waals surface area contributed by atoms with E-state index in [-0.39, 0.29) is 5.82 Å². The highest BCUT2D eigenvalue weighted by atomic mass is 32.1. The van der Waals surface area contributed by atoms with Crippen molar-refractivity contribution in [1.82, 2.24) is 9.97 Å². The minimum Gasteiger partial charge on any atom is -0.327 e. The molecule has 2 aromatic rings. The average Bonchev–Trinajstić information content (AvgIpc) is 2.61. The first kappa shape index (κ1) is 8.52. The molecule has 1 N–H and O–H groups in total. The van der Waals surface area contributed by atoms with Gasteiger partial charge in [0.1, 0.15) is 0 Å². The number of thiophene rings is 1. The molecule has 2 nitrogen and oxygen atoms in total. The van der Waals surface area contributed by atoms with E-state index in [1.807, 2.05) is 17.5 Å². The molecule has 0 aliphatic rings. The number of nitrogens with one attached hydrogen (secondary N) is 1. The van der Waals surface area contributed by atoms with E-state index in [0.717, 1.165) is 11.1 Å². The Bertz CT molecular complexity index is 461. The molecule has 66 valence electrons. The SMILES string of the molecule is Fc1cnc(=S)[nH]c1-c1cccs1. The van der Waals surface area contributed by atoms with Crippen molar-refractivity contribution in [3.63, 3.8) is 0 Å². The van der Waals surface area contributed by atoms with Gasteiger partial charge in [-0.15, -0.1) is 11.3 Å². The number of halogens is 1. The summed E-state index contributed by atoms with van der Waals surface area (Å²) in [5.74, 6) is -0.379. The van der Waals surface area contributed by atoms with Crippen LogP contribution in [0.25, 0.3) is 10.6 Å². The Morgan fingerprint density at radius 1 is 1.54 bits per heavy atom. The van der Waals surface area contributed by atoms with Crippen LogP contribution in [-0.2, 0) is 0 Å². The van der Waals surface area contributed by atoms with Gasteiger partial charge in [0.2, 0.25) is 0 Å². The lowest BCUT2D eigenvalue weighted by molar-refractivity contribution is 0.617. The monoisotopic (exact) mass is 212 g/mol. The van der Waals surface area contributed by atoms with Crippen molar-refractivity contribution >= 4 is 23.6 Å². The fraction of sp³-hybridized carbons (Fsp3) is 0. The summed E-state index contributed by atoms with van der Waals surface area (Å²) in [6.45, 7) is 0. The van der Waals surface area contributed by atoms with Crippen molar-refractivity contribution in [1.29, 1.82) is 0 Å². The minimum atomic E-state index is -0.379. The second-order valence-corrected chi connectivity index (χ2v) is 3.72. The number of hydrogen-bond donors (Lipinski definition) is 1. The van der Waals surface area contributed by atoms with E-state index in [0.29, 0.717) is 10.5 Å². The summed E-state index contributed by atoms with van der Waals surface area (Å²) in [5.41, 5.74) is 0.412. The fourth-order valence-electron chi connectivity index (χ4n) is 0.979. The predicted molar refractivity (Wildman–Crippen MR) is 52.7 cm³/mol. The van der Waals surface area contributed by atoms with Gasteiger partial charge in [0.15, 0.2) is 10.6 Å². The summed E-state index contributed by atoms with van der Waals surface area (Å²) in [4.78, 5) is 7.18. The van der Waals surface area contributed by atoms with E-state index in [4.69, 9.17) is 12.2 Å². The molecule has 0 aliphatic carbocycles. The molecule has 0 spiro atoms. The summed E-state index contributed by atoms with van der Waals surface area (Å²) < 4.78 is 13.5. The summed E-state index contributed by atoms with van der Waals surface area (Å²) in [5, 5.41) is 1.88. The summed E-state index contributed by atoms with van der Waals surface area (Å²) in [7, 11) is 0. The topological polar surface area (TPSA) is 28.7 Å². The van der Waals surface area contributed by atoms with Crippen LogP contribution in [0.15, 0.2) is 23.7 Å². The molecule has 0 fully saturated rings. The van der Waals surface area contributed by atoms with Gasteiger partial charge < -0.3 is 4.98 Å². The van der Waals surface area contributed by atoms with Crippen LogP contribution >= 0.6 is 23.6 Å². The number of aromatic amines is 1. The molecule has 0 saturated carbocycles. The van der Waals surface area contributed by atoms with E-state index in [2.05, 4.69) is 9.97 Å². The average molecular weight is 212 g/mol. The van der Waals surface area contributed by atoms with Crippen LogP contribution < -0.4 is 0 Å². The molecule has 5 heteroatoms. The summed E-state index contributed by atoms with van der Waals surface area (Å²) in [6, 6.07) is 3.69. The minimum absolute atomic E-state index is 0.296. The Morgan fingerprint density at radius 2 is 2.38 bits per heavy atom. The van der Waals surface area contributed by atoms with Gasteiger partial charge in [-0.3, -0.25) is 0 Å². The zero-order valence-corrected chi connectivity index (χ0v) is 8.08. The molecule has 2 aromatic heterocycles. The maximum Gasteiger partial charge on any atom is 0.197 e. The maximum atomic E-state index is 13.2. The van der Waals surface area contributed by atoms with Gasteiger partial charge in [0, 0.05) is 0 Å². The Labute approximate surface area is 83.1 Å². The van der Waals surface area contributed by atoms with E-state index < -0.39 is 0 Å². The van der Waals surface area contributed by atoms with Crippen LogP contribution in [0.2, 0.25) is 0 Å². The summed E-state index contributed by atoms with van der Waals surface area (Å²) in [6.07, 6.45) is 1.13. The van der Waals surface area contributed by atoms with Crippen molar-refractivity contribution in [3.8, 4) is 10.6 Å². The first-order valence-electron chi connectivity index (χ1n) is 3.56. The van der Waals surface area contributed by atoms with Crippen LogP contribution in [-0.4, -0.2) is 9.97 Å². The molecule has 2 rings (SSSR count). The summed E-state index contributed by atoms with van der Waals surface area (Å²) >= 11 is 6.26. The largest absolute Gasteiger partial charge is 0.327 e. The third-order valence-corrected chi connectivity index (χ3v) is 2.63. The highest BCUT2D eigenvalue weighted by Crippen LogP contribution is 2.24. The van der Waals surface area contributed by atoms with Crippen molar-refractivity contribution in [2.75, 3.05) is 0 Å². The molecule has 0 atom stereocenters. The normalized spacial score (nSPS) is 10.2. The molecule has 0 unspecified atom stereocenters. The van der Waals surface area contributed by atoms with E-state index in [9.17, 15) is 4.39 Å². The Balaban J connectivity index is 2.64. The lowest BCUT2D eigenvalue weighted by atomic mass is 10.3. The van der Waals surface area contributed by atoms with Crippen LogP contribution in [0.4, 0.5) is 4.39 Å². The van der Waals surface area contributed by atoms with Crippen LogP contribution in [0.3, 0.4) is 0 Å². The van der Waals surface area contributed by atoms with Crippen molar-refractivity contribution in [2.45, 2.75) is 0 Å². The Morgan fingerprint density at radius 3 is 3.08 bits per heavy atom. The molecule has 0 aromatic carbocycles. The van der Waals surface area contributed by atoms with Crippen LogP contribution in [0.5, 0.6) is 0 Å². The van der Waals surface area contributed by atoms with Gasteiger partial charge in [0.25, 0.3) is 0 Å². The third kappa shape index (κ3) is 1.66. The molecule has 0 radical (unpaired) electrons. The van der Waals surface area contributed by atoms with E-state index in [1.165, 1.54) is 11.3 Å². The van der Waals surface area contributed by atoms with Crippen molar-refractivity contribution in [3.05, 3.63) is 34.3 Å². The highest BCUT2D eigenvalue weighted by molar-refractivity contribution is 7.71. The second kappa shape index (κ2) is 3.35. The molecule has 0 bridgehead atoms. The lowest BCUT2D eigenvalue weighted by Gasteiger charge is -1.98. The second-order valence-electron chi connectivity index (χ2n) is 2.39. The molecular formula is C8H5FN2S2. The third-order valence-electron chi connectivity index (χ3n) is 1.53. The lowest BCUT2D eigenvalue weighted by Crippen LogP contribution is -1.89. The highest BCUT2D eigenvalue weighted by Gasteiger charge is 2.05. The number of aromatic nitrogens is 2. The van der Waals surface area contributed by atoms with E-state index in [1.54, 1.807) is 0 Å². The van der Waals surface area contributed by atoms with Crippen LogP contribution in [0, 0.1) is 10.6 Å². The van der Waals surface area contributed by atoms with Gasteiger partial charge in [-0.2, -0.15) is 0 Å². The fourth-order valence-corrected chi connectivity index (χ4v) is 1.86. The van der Waals surface area contributed by atoms with Gasteiger partial charge in [0.05, 0.1) is 16.8 Å². The molecule has 0 amide bonds. The number of nitrogens with zero attached hydrogens (tertiary/aromatic N) is 1. The quantitative estimate of drug-likeness (QED) is 0.736. The number of rotatable bonds is 1. The van der Waals surface area contributed by atoms with Crippen LogP contribution in [0.1, 0.15) is 0 Å². The first-order valence-corrected chi connectivity index (χ1v) is 4.85. The molecule has 13 heavy (non-hydrogen) atoms. The maximum absolute atomic E-state index is 13.2. The molecular weight excluding hydrogens is 207 g/mol. The predicted octanol–water partition coefficient (Wildman–Crippen LogP) is 3.01. The Kier molecular flexibility index (Phi) is 2.20. The van der Waals surface area contributed by atoms with Gasteiger partial charge in [-0.25, -0.2) is 9.37 Å². The van der Waals surface area contributed by atoms with Crippen molar-refractivity contribution in [2.24, 2.45) is 0 Å². The molecule has 2 heterocycles. The number of H-pyrrole nitrogens is 1. The smallest absolute Gasteiger partial charge is 0.197 e. The zero-order chi connectivity index (χ0) is 9.26. The van der Waals surface area contributed by atoms with Gasteiger partial charge >= 0.3 is 0 Å². The van der Waals surface area contributed by atoms with Gasteiger partial charge in [-0.05, 0) is 23.7 Å². The number of hydrogen-bond acceptors (Lipinski definition) is 3. The Hall–Kier alpha value is -1.07. The molecule has 0 aliphatic heterocycles. The van der Waals surface area contributed by atoms with Crippen molar-refractivity contribution < 1.29 is 4.39 Å². The standard InChI is InChI=1S/C8H5FN2S2/c9-5-4-10-8(12)11-7(5)6-2-1-3-13-6/h1-4H,(H,10,11,12).